The van der Waals surface area contributed by atoms with Crippen molar-refractivity contribution in [3.63, 3.8) is 0 Å². The Balaban J connectivity index is 2.10. The SMILES string of the molecule is CCCNC(=O)[C@@H](Cc1ccccc1)N(Cc1c(Cl)cccc1Cl)C(=O)CN(c1ccccc1C)S(C)(=O)=O. The summed E-state index contributed by atoms with van der Waals surface area (Å²) < 4.78 is 26.8. The quantitative estimate of drug-likeness (QED) is 0.313. The average Bonchev–Trinajstić information content (AvgIpc) is 2.89. The predicted molar refractivity (Wildman–Crippen MR) is 158 cm³/mol. The zero-order valence-electron chi connectivity index (χ0n) is 22.2. The Morgan fingerprint density at radius 2 is 1.54 bits per heavy atom. The summed E-state index contributed by atoms with van der Waals surface area (Å²) in [7, 11) is -3.84. The maximum absolute atomic E-state index is 14.1. The van der Waals surface area contributed by atoms with Gasteiger partial charge in [0.1, 0.15) is 12.6 Å². The highest BCUT2D eigenvalue weighted by Gasteiger charge is 2.33. The monoisotopic (exact) mass is 589 g/mol. The molecule has 1 N–H and O–H groups in total. The van der Waals surface area contributed by atoms with Gasteiger partial charge in [0.15, 0.2) is 0 Å². The predicted octanol–water partition coefficient (Wildman–Crippen LogP) is 5.23. The number of halogens is 2. The number of sulfonamides is 1. The number of benzene rings is 3. The van der Waals surface area contributed by atoms with Crippen molar-refractivity contribution in [3.05, 3.63) is 99.5 Å². The van der Waals surface area contributed by atoms with Gasteiger partial charge in [0.25, 0.3) is 0 Å². The first kappa shape index (κ1) is 30.5. The van der Waals surface area contributed by atoms with Gasteiger partial charge in [-0.2, -0.15) is 0 Å². The molecule has 3 rings (SSSR count). The van der Waals surface area contributed by atoms with E-state index < -0.39 is 28.5 Å². The minimum atomic E-state index is -3.84. The minimum Gasteiger partial charge on any atom is -0.354 e. The summed E-state index contributed by atoms with van der Waals surface area (Å²) in [4.78, 5) is 29.0. The lowest BCUT2D eigenvalue weighted by Gasteiger charge is -2.34. The molecule has 0 aliphatic carbocycles. The number of hydrogen-bond donors (Lipinski definition) is 1. The molecule has 0 aliphatic heterocycles. The van der Waals surface area contributed by atoms with Crippen molar-refractivity contribution in [1.29, 1.82) is 0 Å². The number of anilines is 1. The molecule has 1 atom stereocenters. The third-order valence-electron chi connectivity index (χ3n) is 6.27. The highest BCUT2D eigenvalue weighted by molar-refractivity contribution is 7.92. The Kier molecular flexibility index (Phi) is 10.8. The third-order valence-corrected chi connectivity index (χ3v) is 8.11. The molecule has 0 fully saturated rings. The Labute approximate surface area is 240 Å². The molecule has 0 spiro atoms. The van der Waals surface area contributed by atoms with Gasteiger partial charge in [-0.05, 0) is 42.7 Å². The summed E-state index contributed by atoms with van der Waals surface area (Å²) in [5.41, 5.74) is 2.39. The fraction of sp³-hybridized carbons (Fsp3) is 0.310. The number of carbonyl (C=O) groups excluding carboxylic acids is 2. The van der Waals surface area contributed by atoms with E-state index in [2.05, 4.69) is 5.32 Å². The number of aryl methyl sites for hydroxylation is 1. The van der Waals surface area contributed by atoms with Crippen LogP contribution >= 0.6 is 23.2 Å². The molecule has 7 nitrogen and oxygen atoms in total. The van der Waals surface area contributed by atoms with Crippen molar-refractivity contribution >= 4 is 50.7 Å². The van der Waals surface area contributed by atoms with E-state index in [4.69, 9.17) is 23.2 Å². The molecular formula is C29H33Cl2N3O4S. The lowest BCUT2D eigenvalue weighted by Crippen LogP contribution is -2.53. The smallest absolute Gasteiger partial charge is 0.244 e. The van der Waals surface area contributed by atoms with Crippen molar-refractivity contribution < 1.29 is 18.0 Å². The Morgan fingerprint density at radius 1 is 0.923 bits per heavy atom. The Hall–Kier alpha value is -3.07. The van der Waals surface area contributed by atoms with E-state index >= 15 is 0 Å². The normalized spacial score (nSPS) is 12.0. The maximum atomic E-state index is 14.1. The lowest BCUT2D eigenvalue weighted by atomic mass is 10.0. The molecule has 0 unspecified atom stereocenters. The van der Waals surface area contributed by atoms with E-state index in [0.717, 1.165) is 16.1 Å². The van der Waals surface area contributed by atoms with Gasteiger partial charge in [-0.25, -0.2) is 8.42 Å². The molecule has 208 valence electrons. The second kappa shape index (κ2) is 13.8. The van der Waals surface area contributed by atoms with E-state index in [-0.39, 0.29) is 18.9 Å². The first-order valence-corrected chi connectivity index (χ1v) is 15.2. The molecule has 3 aromatic rings. The van der Waals surface area contributed by atoms with Crippen LogP contribution in [0.25, 0.3) is 0 Å². The molecule has 3 aromatic carbocycles. The summed E-state index contributed by atoms with van der Waals surface area (Å²) in [5, 5.41) is 3.58. The first-order chi connectivity index (χ1) is 18.5. The van der Waals surface area contributed by atoms with Gasteiger partial charge in [0.2, 0.25) is 21.8 Å². The number of rotatable bonds is 12. The fourth-order valence-electron chi connectivity index (χ4n) is 4.21. The zero-order chi connectivity index (χ0) is 28.6. The topological polar surface area (TPSA) is 86.8 Å². The molecule has 39 heavy (non-hydrogen) atoms. The van der Waals surface area contributed by atoms with E-state index in [1.807, 2.05) is 37.3 Å². The Morgan fingerprint density at radius 3 is 2.13 bits per heavy atom. The molecule has 0 heterocycles. The van der Waals surface area contributed by atoms with Crippen molar-refractivity contribution in [2.45, 2.75) is 39.3 Å². The zero-order valence-corrected chi connectivity index (χ0v) is 24.6. The highest BCUT2D eigenvalue weighted by Crippen LogP contribution is 2.28. The molecule has 0 saturated heterocycles. The van der Waals surface area contributed by atoms with Crippen LogP contribution in [0.3, 0.4) is 0 Å². The minimum absolute atomic E-state index is 0.0836. The summed E-state index contributed by atoms with van der Waals surface area (Å²) in [5.74, 6) is -0.911. The van der Waals surface area contributed by atoms with Crippen molar-refractivity contribution in [3.8, 4) is 0 Å². The van der Waals surface area contributed by atoms with E-state index in [9.17, 15) is 18.0 Å². The van der Waals surface area contributed by atoms with Crippen LogP contribution in [-0.4, -0.2) is 50.5 Å². The number of para-hydroxylation sites is 1. The van der Waals surface area contributed by atoms with Crippen LogP contribution in [0.1, 0.15) is 30.0 Å². The van der Waals surface area contributed by atoms with Gasteiger partial charge in [-0.3, -0.25) is 13.9 Å². The summed E-state index contributed by atoms with van der Waals surface area (Å²) >= 11 is 12.9. The molecule has 0 aliphatic rings. The molecule has 0 radical (unpaired) electrons. The molecule has 0 aromatic heterocycles. The van der Waals surface area contributed by atoms with E-state index in [1.54, 1.807) is 49.4 Å². The fourth-order valence-corrected chi connectivity index (χ4v) is 5.64. The highest BCUT2D eigenvalue weighted by atomic mass is 35.5. The number of nitrogens with zero attached hydrogens (tertiary/aromatic N) is 2. The van der Waals surface area contributed by atoms with Crippen LogP contribution in [0.5, 0.6) is 0 Å². The molecular weight excluding hydrogens is 557 g/mol. The number of nitrogens with one attached hydrogen (secondary N) is 1. The average molecular weight is 591 g/mol. The van der Waals surface area contributed by atoms with Crippen molar-refractivity contribution in [2.24, 2.45) is 0 Å². The van der Waals surface area contributed by atoms with Gasteiger partial charge in [0.05, 0.1) is 11.9 Å². The molecule has 2 amide bonds. The number of amides is 2. The van der Waals surface area contributed by atoms with Crippen LogP contribution in [0.2, 0.25) is 10.0 Å². The summed E-state index contributed by atoms with van der Waals surface area (Å²) in [6.45, 7) is 3.55. The maximum Gasteiger partial charge on any atom is 0.244 e. The third kappa shape index (κ3) is 8.21. The largest absolute Gasteiger partial charge is 0.354 e. The standard InChI is InChI=1S/C29H33Cl2N3O4S/c1-4-17-32-29(36)27(18-22-12-6-5-7-13-22)33(19-23-24(30)14-10-15-25(23)31)28(35)20-34(39(3,37)38)26-16-9-8-11-21(26)2/h5-16,27H,4,17-20H2,1-3H3,(H,32,36)/t27-/m1/s1. The van der Waals surface area contributed by atoms with Gasteiger partial charge < -0.3 is 10.2 Å². The van der Waals surface area contributed by atoms with Crippen LogP contribution in [0, 0.1) is 6.92 Å². The molecule has 10 heteroatoms. The number of hydrogen-bond acceptors (Lipinski definition) is 4. The first-order valence-electron chi connectivity index (χ1n) is 12.6. The number of carbonyl (C=O) groups is 2. The van der Waals surface area contributed by atoms with E-state index in [1.165, 1.54) is 4.90 Å². The van der Waals surface area contributed by atoms with E-state index in [0.29, 0.717) is 39.8 Å². The van der Waals surface area contributed by atoms with Gasteiger partial charge in [0, 0.05) is 35.1 Å². The second-order valence-corrected chi connectivity index (χ2v) is 12.0. The van der Waals surface area contributed by atoms with Crippen LogP contribution in [0.15, 0.2) is 72.8 Å². The Bertz CT molecular complexity index is 1380. The van der Waals surface area contributed by atoms with Crippen LogP contribution in [-0.2, 0) is 32.6 Å². The van der Waals surface area contributed by atoms with Gasteiger partial charge >= 0.3 is 0 Å². The van der Waals surface area contributed by atoms with Crippen molar-refractivity contribution in [1.82, 2.24) is 10.2 Å². The van der Waals surface area contributed by atoms with Crippen LogP contribution in [0.4, 0.5) is 5.69 Å². The van der Waals surface area contributed by atoms with Crippen LogP contribution < -0.4 is 9.62 Å². The van der Waals surface area contributed by atoms with Gasteiger partial charge in [-0.15, -0.1) is 0 Å². The lowest BCUT2D eigenvalue weighted by molar-refractivity contribution is -0.140. The molecule has 0 bridgehead atoms. The van der Waals surface area contributed by atoms with Crippen molar-refractivity contribution in [2.75, 3.05) is 23.7 Å². The summed E-state index contributed by atoms with van der Waals surface area (Å²) in [6.07, 6.45) is 1.98. The molecule has 0 saturated carbocycles. The van der Waals surface area contributed by atoms with Gasteiger partial charge in [-0.1, -0.05) is 84.7 Å². The second-order valence-electron chi connectivity index (χ2n) is 9.27. The summed E-state index contributed by atoms with van der Waals surface area (Å²) in [6, 6.07) is 20.3.